The molecule has 0 atom stereocenters. The van der Waals surface area contributed by atoms with Crippen molar-refractivity contribution in [3.05, 3.63) is 36.4 Å². The highest BCUT2D eigenvalue weighted by Crippen LogP contribution is 2.20. The summed E-state index contributed by atoms with van der Waals surface area (Å²) in [4.78, 5) is 21.0. The standard InChI is InChI=1S/C16H19N3OS/c1-18-8-10-19(11-9-18)16(20)12-21-15-7-6-13-4-2-3-5-14(13)17-15/h2-7H,8-12H2,1H3. The van der Waals surface area contributed by atoms with Gasteiger partial charge in [0.25, 0.3) is 0 Å². The van der Waals surface area contributed by atoms with Gasteiger partial charge in [0.05, 0.1) is 16.3 Å². The quantitative estimate of drug-likeness (QED) is 0.814. The molecule has 1 aromatic heterocycles. The molecule has 0 saturated carbocycles. The van der Waals surface area contributed by atoms with Gasteiger partial charge in [0, 0.05) is 31.6 Å². The van der Waals surface area contributed by atoms with Crippen molar-refractivity contribution in [1.29, 1.82) is 0 Å². The number of para-hydroxylation sites is 1. The van der Waals surface area contributed by atoms with Crippen molar-refractivity contribution in [1.82, 2.24) is 14.8 Å². The number of hydrogen-bond donors (Lipinski definition) is 0. The van der Waals surface area contributed by atoms with Gasteiger partial charge >= 0.3 is 0 Å². The molecule has 1 aromatic carbocycles. The van der Waals surface area contributed by atoms with E-state index in [9.17, 15) is 4.79 Å². The van der Waals surface area contributed by atoms with Crippen LogP contribution in [-0.4, -0.2) is 59.7 Å². The van der Waals surface area contributed by atoms with Crippen LogP contribution in [0.3, 0.4) is 0 Å². The molecule has 0 N–H and O–H groups in total. The van der Waals surface area contributed by atoms with Crippen molar-refractivity contribution in [2.45, 2.75) is 5.03 Å². The number of likely N-dealkylation sites (N-methyl/N-ethyl adjacent to an activating group) is 1. The molecule has 0 unspecified atom stereocenters. The third-order valence-corrected chi connectivity index (χ3v) is 4.69. The van der Waals surface area contributed by atoms with E-state index in [4.69, 9.17) is 0 Å². The molecule has 0 aliphatic carbocycles. The molecule has 0 bridgehead atoms. The summed E-state index contributed by atoms with van der Waals surface area (Å²) >= 11 is 1.52. The molecule has 4 nitrogen and oxygen atoms in total. The van der Waals surface area contributed by atoms with Gasteiger partial charge in [-0.1, -0.05) is 36.0 Å². The zero-order chi connectivity index (χ0) is 14.7. The number of amides is 1. The number of nitrogens with zero attached hydrogens (tertiary/aromatic N) is 3. The minimum absolute atomic E-state index is 0.211. The van der Waals surface area contributed by atoms with Gasteiger partial charge < -0.3 is 9.80 Å². The van der Waals surface area contributed by atoms with Gasteiger partial charge in [-0.15, -0.1) is 0 Å². The van der Waals surface area contributed by atoms with Crippen LogP contribution < -0.4 is 0 Å². The summed E-state index contributed by atoms with van der Waals surface area (Å²) in [5, 5.41) is 2.04. The van der Waals surface area contributed by atoms with Crippen molar-refractivity contribution >= 4 is 28.6 Å². The maximum absolute atomic E-state index is 12.2. The minimum Gasteiger partial charge on any atom is -0.339 e. The minimum atomic E-state index is 0.211. The molecule has 1 amide bonds. The second-order valence-corrected chi connectivity index (χ2v) is 6.31. The molecule has 0 spiro atoms. The topological polar surface area (TPSA) is 36.4 Å². The predicted molar refractivity (Wildman–Crippen MR) is 86.5 cm³/mol. The van der Waals surface area contributed by atoms with Crippen molar-refractivity contribution in [2.75, 3.05) is 39.0 Å². The zero-order valence-electron chi connectivity index (χ0n) is 12.2. The van der Waals surface area contributed by atoms with E-state index < -0.39 is 0 Å². The van der Waals surface area contributed by atoms with Crippen molar-refractivity contribution in [2.24, 2.45) is 0 Å². The number of hydrogen-bond acceptors (Lipinski definition) is 4. The number of rotatable bonds is 3. The number of aromatic nitrogens is 1. The van der Waals surface area contributed by atoms with Crippen LogP contribution >= 0.6 is 11.8 Å². The Hall–Kier alpha value is -1.59. The van der Waals surface area contributed by atoms with Crippen LogP contribution in [0.1, 0.15) is 0 Å². The van der Waals surface area contributed by atoms with Crippen LogP contribution in [0.5, 0.6) is 0 Å². The van der Waals surface area contributed by atoms with E-state index in [1.807, 2.05) is 35.2 Å². The Morgan fingerprint density at radius 2 is 1.90 bits per heavy atom. The van der Waals surface area contributed by atoms with Crippen LogP contribution in [0, 0.1) is 0 Å². The van der Waals surface area contributed by atoms with E-state index in [1.54, 1.807) is 0 Å². The number of carbonyl (C=O) groups excluding carboxylic acids is 1. The summed E-state index contributed by atoms with van der Waals surface area (Å²) < 4.78 is 0. The molecule has 5 heteroatoms. The maximum atomic E-state index is 12.2. The number of piperazine rings is 1. The van der Waals surface area contributed by atoms with Gasteiger partial charge in [-0.3, -0.25) is 4.79 Å². The first-order valence-electron chi connectivity index (χ1n) is 7.17. The van der Waals surface area contributed by atoms with Crippen LogP contribution in [-0.2, 0) is 4.79 Å². The smallest absolute Gasteiger partial charge is 0.233 e. The van der Waals surface area contributed by atoms with Crippen molar-refractivity contribution in [3.8, 4) is 0 Å². The molecule has 1 aliphatic heterocycles. The summed E-state index contributed by atoms with van der Waals surface area (Å²) in [5.41, 5.74) is 0.981. The molecule has 2 aromatic rings. The number of carbonyl (C=O) groups is 1. The highest BCUT2D eigenvalue weighted by molar-refractivity contribution is 7.99. The molecular formula is C16H19N3OS. The highest BCUT2D eigenvalue weighted by Gasteiger charge is 2.18. The average Bonchev–Trinajstić information content (AvgIpc) is 2.53. The van der Waals surface area contributed by atoms with Gasteiger partial charge in [-0.05, 0) is 19.2 Å². The van der Waals surface area contributed by atoms with E-state index in [-0.39, 0.29) is 5.91 Å². The first-order chi connectivity index (χ1) is 10.2. The Bertz CT molecular complexity index is 638. The fourth-order valence-corrected chi connectivity index (χ4v) is 3.19. The van der Waals surface area contributed by atoms with E-state index in [0.717, 1.165) is 42.1 Å². The SMILES string of the molecule is CN1CCN(C(=O)CSc2ccc3ccccc3n2)CC1. The number of fused-ring (bicyclic) bond motifs is 1. The zero-order valence-corrected chi connectivity index (χ0v) is 13.0. The number of pyridine rings is 1. The lowest BCUT2D eigenvalue weighted by Crippen LogP contribution is -2.47. The van der Waals surface area contributed by atoms with Gasteiger partial charge in [-0.2, -0.15) is 0 Å². The molecule has 1 fully saturated rings. The van der Waals surface area contributed by atoms with Crippen LogP contribution in [0.2, 0.25) is 0 Å². The largest absolute Gasteiger partial charge is 0.339 e. The molecule has 1 saturated heterocycles. The monoisotopic (exact) mass is 301 g/mol. The Morgan fingerprint density at radius 1 is 1.14 bits per heavy atom. The van der Waals surface area contributed by atoms with Gasteiger partial charge in [0.15, 0.2) is 0 Å². The highest BCUT2D eigenvalue weighted by atomic mass is 32.2. The summed E-state index contributed by atoms with van der Waals surface area (Å²) in [6.07, 6.45) is 0. The lowest BCUT2D eigenvalue weighted by atomic mass is 10.2. The third-order valence-electron chi connectivity index (χ3n) is 3.77. The summed E-state index contributed by atoms with van der Waals surface area (Å²) in [6, 6.07) is 12.1. The lowest BCUT2D eigenvalue weighted by Gasteiger charge is -2.32. The summed E-state index contributed by atoms with van der Waals surface area (Å²) in [5.74, 6) is 0.678. The van der Waals surface area contributed by atoms with Crippen LogP contribution in [0.4, 0.5) is 0 Å². The van der Waals surface area contributed by atoms with E-state index in [1.165, 1.54) is 11.8 Å². The van der Waals surface area contributed by atoms with E-state index >= 15 is 0 Å². The Morgan fingerprint density at radius 3 is 2.71 bits per heavy atom. The maximum Gasteiger partial charge on any atom is 0.233 e. The van der Waals surface area contributed by atoms with Gasteiger partial charge in [0.2, 0.25) is 5.91 Å². The summed E-state index contributed by atoms with van der Waals surface area (Å²) in [7, 11) is 2.09. The Labute approximate surface area is 129 Å². The molecule has 3 rings (SSSR count). The van der Waals surface area contributed by atoms with Crippen molar-refractivity contribution < 1.29 is 4.79 Å². The van der Waals surface area contributed by atoms with Crippen molar-refractivity contribution in [3.63, 3.8) is 0 Å². The van der Waals surface area contributed by atoms with E-state index in [2.05, 4.69) is 23.0 Å². The fraction of sp³-hybridized carbons (Fsp3) is 0.375. The molecule has 21 heavy (non-hydrogen) atoms. The second-order valence-electron chi connectivity index (χ2n) is 5.31. The predicted octanol–water partition coefficient (Wildman–Crippen LogP) is 2.10. The first kappa shape index (κ1) is 14.4. The molecule has 110 valence electrons. The Kier molecular flexibility index (Phi) is 4.41. The average molecular weight is 301 g/mol. The first-order valence-corrected chi connectivity index (χ1v) is 8.16. The fourth-order valence-electron chi connectivity index (χ4n) is 2.41. The molecule has 0 radical (unpaired) electrons. The van der Waals surface area contributed by atoms with Gasteiger partial charge in [-0.25, -0.2) is 4.98 Å². The number of thioether (sulfide) groups is 1. The van der Waals surface area contributed by atoms with E-state index in [0.29, 0.717) is 5.75 Å². The molecular weight excluding hydrogens is 282 g/mol. The number of benzene rings is 1. The third kappa shape index (κ3) is 3.54. The second kappa shape index (κ2) is 6.45. The van der Waals surface area contributed by atoms with Gasteiger partial charge in [0.1, 0.15) is 0 Å². The van der Waals surface area contributed by atoms with Crippen LogP contribution in [0.15, 0.2) is 41.4 Å². The Balaban J connectivity index is 1.59. The molecule has 1 aliphatic rings. The van der Waals surface area contributed by atoms with Crippen LogP contribution in [0.25, 0.3) is 10.9 Å². The molecule has 2 heterocycles. The normalized spacial score (nSPS) is 16.3. The summed E-state index contributed by atoms with van der Waals surface area (Å²) in [6.45, 7) is 3.59. The lowest BCUT2D eigenvalue weighted by molar-refractivity contribution is -0.129.